The lowest BCUT2D eigenvalue weighted by molar-refractivity contribution is 0.0702. The van der Waals surface area contributed by atoms with Crippen molar-refractivity contribution in [3.8, 4) is 0 Å². The number of piperidine rings is 1. The van der Waals surface area contributed by atoms with Crippen LogP contribution in [0.3, 0.4) is 0 Å². The number of hydrogen-bond acceptors (Lipinski definition) is 5. The summed E-state index contributed by atoms with van der Waals surface area (Å²) in [6.45, 7) is 4.44. The van der Waals surface area contributed by atoms with E-state index in [1.807, 2.05) is 47.6 Å². The second-order valence-electron chi connectivity index (χ2n) is 6.95. The molecule has 3 aromatic rings. The number of hydrogen-bond donors (Lipinski definition) is 1. The summed E-state index contributed by atoms with van der Waals surface area (Å²) in [5.41, 5.74) is 1.42. The van der Waals surface area contributed by atoms with Crippen molar-refractivity contribution in [2.45, 2.75) is 32.2 Å². The summed E-state index contributed by atoms with van der Waals surface area (Å²) in [5, 5.41) is 3.13. The summed E-state index contributed by atoms with van der Waals surface area (Å²) >= 11 is 0. The van der Waals surface area contributed by atoms with Crippen molar-refractivity contribution < 1.29 is 4.79 Å². The van der Waals surface area contributed by atoms with Gasteiger partial charge < -0.3 is 14.8 Å². The van der Waals surface area contributed by atoms with Gasteiger partial charge >= 0.3 is 0 Å². The van der Waals surface area contributed by atoms with E-state index in [-0.39, 0.29) is 11.8 Å². The molecule has 3 heterocycles. The van der Waals surface area contributed by atoms with Crippen molar-refractivity contribution in [3.63, 3.8) is 0 Å². The summed E-state index contributed by atoms with van der Waals surface area (Å²) in [4.78, 5) is 28.0. The van der Waals surface area contributed by atoms with Crippen LogP contribution in [0, 0.1) is 0 Å². The number of nitrogens with zero attached hydrogens (tertiary/aromatic N) is 5. The lowest BCUT2D eigenvalue weighted by Gasteiger charge is -2.32. The van der Waals surface area contributed by atoms with Gasteiger partial charge in [0.2, 0.25) is 5.95 Å². The first-order valence-corrected chi connectivity index (χ1v) is 9.69. The van der Waals surface area contributed by atoms with Gasteiger partial charge in [-0.05, 0) is 31.9 Å². The molecule has 1 aliphatic rings. The molecule has 0 aliphatic carbocycles. The van der Waals surface area contributed by atoms with Crippen molar-refractivity contribution in [2.75, 3.05) is 18.4 Å². The average molecular weight is 376 g/mol. The minimum Gasteiger partial charge on any atom is -0.338 e. The Bertz CT molecular complexity index is 922. The minimum atomic E-state index is -0.0226. The SMILES string of the molecule is CCn1ccnc1[C@@H]1CCCN(C(=O)c2cnc(Nc3ccccc3)nc2)C1. The number of nitrogens with one attached hydrogen (secondary N) is 1. The van der Waals surface area contributed by atoms with Gasteiger partial charge in [-0.3, -0.25) is 4.79 Å². The molecule has 1 aromatic carbocycles. The highest BCUT2D eigenvalue weighted by atomic mass is 16.2. The van der Waals surface area contributed by atoms with Crippen molar-refractivity contribution in [3.05, 3.63) is 66.5 Å². The number of para-hydroxylation sites is 1. The van der Waals surface area contributed by atoms with Crippen LogP contribution in [-0.2, 0) is 6.54 Å². The molecule has 1 fully saturated rings. The third-order valence-electron chi connectivity index (χ3n) is 5.09. The van der Waals surface area contributed by atoms with Gasteiger partial charge in [0, 0.05) is 56.0 Å². The normalized spacial score (nSPS) is 16.8. The Morgan fingerprint density at radius 1 is 1.18 bits per heavy atom. The number of rotatable bonds is 5. The van der Waals surface area contributed by atoms with Gasteiger partial charge in [0.15, 0.2) is 0 Å². The summed E-state index contributed by atoms with van der Waals surface area (Å²) in [7, 11) is 0. The number of carbonyl (C=O) groups excluding carboxylic acids is 1. The van der Waals surface area contributed by atoms with Crippen LogP contribution < -0.4 is 5.32 Å². The number of aryl methyl sites for hydroxylation is 1. The standard InChI is InChI=1S/C21H24N6O/c1-2-26-12-10-22-19(26)16-7-6-11-27(15-16)20(28)17-13-23-21(24-14-17)25-18-8-4-3-5-9-18/h3-5,8-10,12-14,16H,2,6-7,11,15H2,1H3,(H,23,24,25)/t16-/m1/s1. The zero-order chi connectivity index (χ0) is 19.3. The highest BCUT2D eigenvalue weighted by molar-refractivity contribution is 5.93. The molecule has 4 rings (SSSR count). The van der Waals surface area contributed by atoms with Crippen LogP contribution in [0.1, 0.15) is 41.9 Å². The maximum atomic E-state index is 12.9. The molecule has 1 amide bonds. The highest BCUT2D eigenvalue weighted by Crippen LogP contribution is 2.26. The van der Waals surface area contributed by atoms with Crippen LogP contribution in [-0.4, -0.2) is 43.4 Å². The van der Waals surface area contributed by atoms with Crippen LogP contribution in [0.15, 0.2) is 55.1 Å². The number of anilines is 2. The molecule has 7 nitrogen and oxygen atoms in total. The summed E-state index contributed by atoms with van der Waals surface area (Å²) in [6.07, 6.45) is 9.06. The van der Waals surface area contributed by atoms with Gasteiger partial charge in [-0.1, -0.05) is 18.2 Å². The van der Waals surface area contributed by atoms with Crippen molar-refractivity contribution in [1.82, 2.24) is 24.4 Å². The topological polar surface area (TPSA) is 75.9 Å². The maximum absolute atomic E-state index is 12.9. The van der Waals surface area contributed by atoms with Crippen LogP contribution in [0.2, 0.25) is 0 Å². The Hall–Kier alpha value is -3.22. The van der Waals surface area contributed by atoms with Gasteiger partial charge in [-0.2, -0.15) is 0 Å². The van der Waals surface area contributed by atoms with E-state index in [9.17, 15) is 4.79 Å². The van der Waals surface area contributed by atoms with Gasteiger partial charge in [0.25, 0.3) is 5.91 Å². The zero-order valence-corrected chi connectivity index (χ0v) is 16.0. The summed E-state index contributed by atoms with van der Waals surface area (Å²) in [6, 6.07) is 9.72. The summed E-state index contributed by atoms with van der Waals surface area (Å²) < 4.78 is 2.16. The van der Waals surface area contributed by atoms with E-state index in [2.05, 4.69) is 31.8 Å². The van der Waals surface area contributed by atoms with Gasteiger partial charge in [0.1, 0.15) is 5.82 Å². The monoisotopic (exact) mass is 376 g/mol. The van der Waals surface area contributed by atoms with Crippen LogP contribution >= 0.6 is 0 Å². The molecule has 2 aromatic heterocycles. The van der Waals surface area contributed by atoms with E-state index in [1.54, 1.807) is 12.4 Å². The fraction of sp³-hybridized carbons (Fsp3) is 0.333. The number of benzene rings is 1. The smallest absolute Gasteiger partial charge is 0.257 e. The maximum Gasteiger partial charge on any atom is 0.257 e. The minimum absolute atomic E-state index is 0.0226. The molecule has 1 aliphatic heterocycles. The molecule has 0 spiro atoms. The number of aromatic nitrogens is 4. The highest BCUT2D eigenvalue weighted by Gasteiger charge is 2.28. The number of imidazole rings is 1. The lowest BCUT2D eigenvalue weighted by Crippen LogP contribution is -2.39. The van der Waals surface area contributed by atoms with E-state index in [0.29, 0.717) is 18.1 Å². The Balaban J connectivity index is 1.43. The zero-order valence-electron chi connectivity index (χ0n) is 16.0. The third kappa shape index (κ3) is 3.88. The number of carbonyl (C=O) groups is 1. The van der Waals surface area contributed by atoms with Crippen molar-refractivity contribution >= 4 is 17.5 Å². The first-order valence-electron chi connectivity index (χ1n) is 9.69. The van der Waals surface area contributed by atoms with Crippen LogP contribution in [0.25, 0.3) is 0 Å². The largest absolute Gasteiger partial charge is 0.338 e. The van der Waals surface area contributed by atoms with E-state index in [0.717, 1.165) is 37.4 Å². The molecular formula is C21H24N6O. The molecule has 1 saturated heterocycles. The van der Waals surface area contributed by atoms with E-state index < -0.39 is 0 Å². The van der Waals surface area contributed by atoms with E-state index >= 15 is 0 Å². The third-order valence-corrected chi connectivity index (χ3v) is 5.09. The van der Waals surface area contributed by atoms with E-state index in [1.165, 1.54) is 0 Å². The quantitative estimate of drug-likeness (QED) is 0.738. The predicted molar refractivity (Wildman–Crippen MR) is 108 cm³/mol. The molecular weight excluding hydrogens is 352 g/mol. The van der Waals surface area contributed by atoms with Gasteiger partial charge in [0.05, 0.1) is 5.56 Å². The molecule has 28 heavy (non-hydrogen) atoms. The Morgan fingerprint density at radius 2 is 1.96 bits per heavy atom. The fourth-order valence-corrected chi connectivity index (χ4v) is 3.66. The number of likely N-dealkylation sites (tertiary alicyclic amines) is 1. The van der Waals surface area contributed by atoms with Gasteiger partial charge in [-0.15, -0.1) is 0 Å². The molecule has 0 radical (unpaired) electrons. The first-order chi connectivity index (χ1) is 13.7. The van der Waals surface area contributed by atoms with Gasteiger partial charge in [-0.25, -0.2) is 15.0 Å². The second kappa shape index (κ2) is 8.21. The Morgan fingerprint density at radius 3 is 2.71 bits per heavy atom. The average Bonchev–Trinajstić information content (AvgIpc) is 3.24. The molecule has 144 valence electrons. The van der Waals surface area contributed by atoms with Crippen molar-refractivity contribution in [2.24, 2.45) is 0 Å². The fourth-order valence-electron chi connectivity index (χ4n) is 3.66. The second-order valence-corrected chi connectivity index (χ2v) is 6.95. The molecule has 1 N–H and O–H groups in total. The molecule has 0 bridgehead atoms. The van der Waals surface area contributed by atoms with Crippen LogP contribution in [0.5, 0.6) is 0 Å². The molecule has 7 heteroatoms. The molecule has 0 saturated carbocycles. The number of amides is 1. The predicted octanol–water partition coefficient (Wildman–Crippen LogP) is 3.46. The molecule has 0 unspecified atom stereocenters. The first kappa shape index (κ1) is 18.2. The lowest BCUT2D eigenvalue weighted by atomic mass is 9.96. The Kier molecular flexibility index (Phi) is 5.32. The summed E-state index contributed by atoms with van der Waals surface area (Å²) in [5.74, 6) is 1.79. The van der Waals surface area contributed by atoms with E-state index in [4.69, 9.17) is 0 Å². The molecule has 1 atom stereocenters. The Labute approximate surface area is 164 Å². The van der Waals surface area contributed by atoms with Crippen LogP contribution in [0.4, 0.5) is 11.6 Å². The van der Waals surface area contributed by atoms with Crippen molar-refractivity contribution in [1.29, 1.82) is 0 Å².